The highest BCUT2D eigenvalue weighted by Crippen LogP contribution is 2.26. The van der Waals surface area contributed by atoms with E-state index in [2.05, 4.69) is 10.2 Å². The zero-order chi connectivity index (χ0) is 9.68. The molecule has 0 saturated heterocycles. The first-order chi connectivity index (χ1) is 6.24. The zero-order valence-electron chi connectivity index (χ0n) is 8.79. The van der Waals surface area contributed by atoms with Gasteiger partial charge in [0.1, 0.15) is 0 Å². The lowest BCUT2D eigenvalue weighted by Gasteiger charge is -2.23. The third-order valence-electron chi connectivity index (χ3n) is 2.43. The third-order valence-corrected chi connectivity index (χ3v) is 2.43. The molecule has 3 nitrogen and oxygen atoms in total. The molecule has 0 spiro atoms. The Bertz CT molecular complexity index is 135. The van der Waals surface area contributed by atoms with Crippen LogP contribution in [-0.4, -0.2) is 48.8 Å². The Morgan fingerprint density at radius 2 is 2.23 bits per heavy atom. The molecule has 13 heavy (non-hydrogen) atoms. The van der Waals surface area contributed by atoms with E-state index in [-0.39, 0.29) is 6.10 Å². The number of aliphatic hydroxyl groups is 1. The lowest BCUT2D eigenvalue weighted by Crippen LogP contribution is -2.34. The van der Waals surface area contributed by atoms with Gasteiger partial charge in [-0.3, -0.25) is 4.90 Å². The largest absolute Gasteiger partial charge is 0.392 e. The molecule has 1 saturated carbocycles. The molecule has 3 heteroatoms. The van der Waals surface area contributed by atoms with Gasteiger partial charge < -0.3 is 10.4 Å². The van der Waals surface area contributed by atoms with E-state index in [0.717, 1.165) is 25.7 Å². The monoisotopic (exact) mass is 186 g/mol. The van der Waals surface area contributed by atoms with Crippen molar-refractivity contribution in [2.24, 2.45) is 0 Å². The van der Waals surface area contributed by atoms with Crippen LogP contribution in [-0.2, 0) is 0 Å². The molecule has 1 unspecified atom stereocenters. The molecule has 0 bridgehead atoms. The standard InChI is InChI=1S/C10H22N2O/c1-9(13)8-12(10-4-5-10)7-3-6-11-2/h9-11,13H,3-8H2,1-2H3. The Balaban J connectivity index is 2.13. The van der Waals surface area contributed by atoms with E-state index in [1.165, 1.54) is 19.3 Å². The fraction of sp³-hybridized carbons (Fsp3) is 1.00. The van der Waals surface area contributed by atoms with Gasteiger partial charge in [0.05, 0.1) is 6.10 Å². The Labute approximate surface area is 81.1 Å². The average Bonchev–Trinajstić information content (AvgIpc) is 2.84. The van der Waals surface area contributed by atoms with Gasteiger partial charge in [-0.15, -0.1) is 0 Å². The summed E-state index contributed by atoms with van der Waals surface area (Å²) in [7, 11) is 1.98. The van der Waals surface area contributed by atoms with Gasteiger partial charge in [0, 0.05) is 12.6 Å². The highest BCUT2D eigenvalue weighted by atomic mass is 16.3. The molecule has 1 atom stereocenters. The molecule has 1 aliphatic carbocycles. The minimum Gasteiger partial charge on any atom is -0.392 e. The van der Waals surface area contributed by atoms with Crippen LogP contribution in [0, 0.1) is 0 Å². The summed E-state index contributed by atoms with van der Waals surface area (Å²) in [6, 6.07) is 0.770. The highest BCUT2D eigenvalue weighted by Gasteiger charge is 2.28. The summed E-state index contributed by atoms with van der Waals surface area (Å²) in [4.78, 5) is 2.42. The summed E-state index contributed by atoms with van der Waals surface area (Å²) in [5.41, 5.74) is 0. The van der Waals surface area contributed by atoms with Crippen LogP contribution in [0.15, 0.2) is 0 Å². The van der Waals surface area contributed by atoms with Crippen molar-refractivity contribution in [3.8, 4) is 0 Å². The number of hydrogen-bond donors (Lipinski definition) is 2. The lowest BCUT2D eigenvalue weighted by atomic mass is 10.3. The lowest BCUT2D eigenvalue weighted by molar-refractivity contribution is 0.121. The molecular weight excluding hydrogens is 164 g/mol. The molecule has 0 radical (unpaired) electrons. The number of nitrogens with one attached hydrogen (secondary N) is 1. The topological polar surface area (TPSA) is 35.5 Å². The van der Waals surface area contributed by atoms with Crippen LogP contribution in [0.2, 0.25) is 0 Å². The maximum atomic E-state index is 9.30. The molecule has 1 fully saturated rings. The van der Waals surface area contributed by atoms with E-state index in [1.807, 2.05) is 14.0 Å². The fourth-order valence-electron chi connectivity index (χ4n) is 1.66. The van der Waals surface area contributed by atoms with Crippen molar-refractivity contribution in [3.05, 3.63) is 0 Å². The van der Waals surface area contributed by atoms with Crippen LogP contribution < -0.4 is 5.32 Å². The van der Waals surface area contributed by atoms with Crippen LogP contribution in [0.3, 0.4) is 0 Å². The zero-order valence-corrected chi connectivity index (χ0v) is 8.79. The molecule has 0 aromatic carbocycles. The van der Waals surface area contributed by atoms with Crippen molar-refractivity contribution in [3.63, 3.8) is 0 Å². The second-order valence-electron chi connectivity index (χ2n) is 4.03. The van der Waals surface area contributed by atoms with Gasteiger partial charge >= 0.3 is 0 Å². The van der Waals surface area contributed by atoms with E-state index in [4.69, 9.17) is 0 Å². The minimum atomic E-state index is -0.185. The second kappa shape index (κ2) is 5.58. The summed E-state index contributed by atoms with van der Waals surface area (Å²) < 4.78 is 0. The maximum absolute atomic E-state index is 9.30. The molecule has 78 valence electrons. The SMILES string of the molecule is CNCCCN(CC(C)O)C1CC1. The fourth-order valence-corrected chi connectivity index (χ4v) is 1.66. The predicted molar refractivity (Wildman–Crippen MR) is 54.8 cm³/mol. The van der Waals surface area contributed by atoms with E-state index in [1.54, 1.807) is 0 Å². The van der Waals surface area contributed by atoms with Gasteiger partial charge in [-0.2, -0.15) is 0 Å². The normalized spacial score (nSPS) is 19.4. The Morgan fingerprint density at radius 1 is 1.54 bits per heavy atom. The molecule has 0 aromatic rings. The summed E-state index contributed by atoms with van der Waals surface area (Å²) in [5, 5.41) is 12.4. The van der Waals surface area contributed by atoms with Crippen LogP contribution >= 0.6 is 0 Å². The van der Waals surface area contributed by atoms with Gasteiger partial charge in [0.15, 0.2) is 0 Å². The minimum absolute atomic E-state index is 0.185. The van der Waals surface area contributed by atoms with Crippen LogP contribution in [0.1, 0.15) is 26.2 Å². The molecular formula is C10H22N2O. The Hall–Kier alpha value is -0.120. The third kappa shape index (κ3) is 4.60. The number of nitrogens with zero attached hydrogens (tertiary/aromatic N) is 1. The van der Waals surface area contributed by atoms with Crippen molar-refractivity contribution in [2.75, 3.05) is 26.7 Å². The van der Waals surface area contributed by atoms with Gasteiger partial charge in [-0.25, -0.2) is 0 Å². The Morgan fingerprint density at radius 3 is 2.69 bits per heavy atom. The molecule has 1 rings (SSSR count). The summed E-state index contributed by atoms with van der Waals surface area (Å²) in [6.07, 6.45) is 3.65. The van der Waals surface area contributed by atoms with Crippen molar-refractivity contribution >= 4 is 0 Å². The quantitative estimate of drug-likeness (QED) is 0.566. The van der Waals surface area contributed by atoms with Crippen LogP contribution in [0.25, 0.3) is 0 Å². The average molecular weight is 186 g/mol. The van der Waals surface area contributed by atoms with Crippen LogP contribution in [0.5, 0.6) is 0 Å². The van der Waals surface area contributed by atoms with Crippen molar-refractivity contribution in [1.29, 1.82) is 0 Å². The Kier molecular flexibility index (Phi) is 4.70. The molecule has 2 N–H and O–H groups in total. The summed E-state index contributed by atoms with van der Waals surface area (Å²) in [6.45, 7) is 4.90. The maximum Gasteiger partial charge on any atom is 0.0639 e. The van der Waals surface area contributed by atoms with E-state index < -0.39 is 0 Å². The molecule has 1 aliphatic rings. The number of rotatable bonds is 7. The second-order valence-corrected chi connectivity index (χ2v) is 4.03. The first kappa shape index (κ1) is 11.0. The summed E-state index contributed by atoms with van der Waals surface area (Å²) >= 11 is 0. The van der Waals surface area contributed by atoms with E-state index in [0.29, 0.717) is 0 Å². The van der Waals surface area contributed by atoms with Crippen molar-refractivity contribution in [1.82, 2.24) is 10.2 Å². The first-order valence-electron chi connectivity index (χ1n) is 5.30. The molecule has 0 aromatic heterocycles. The predicted octanol–water partition coefficient (Wildman–Crippen LogP) is 0.441. The van der Waals surface area contributed by atoms with Gasteiger partial charge in [0.2, 0.25) is 0 Å². The van der Waals surface area contributed by atoms with Gasteiger partial charge in [-0.05, 0) is 46.3 Å². The smallest absolute Gasteiger partial charge is 0.0639 e. The van der Waals surface area contributed by atoms with Crippen LogP contribution in [0.4, 0.5) is 0 Å². The molecule has 0 amide bonds. The van der Waals surface area contributed by atoms with Crippen molar-refractivity contribution in [2.45, 2.75) is 38.3 Å². The number of aliphatic hydroxyl groups excluding tert-OH is 1. The molecule has 0 aliphatic heterocycles. The van der Waals surface area contributed by atoms with Crippen molar-refractivity contribution < 1.29 is 5.11 Å². The van der Waals surface area contributed by atoms with Gasteiger partial charge in [-0.1, -0.05) is 0 Å². The summed E-state index contributed by atoms with van der Waals surface area (Å²) in [5.74, 6) is 0. The highest BCUT2D eigenvalue weighted by molar-refractivity contribution is 4.85. The van der Waals surface area contributed by atoms with Gasteiger partial charge in [0.25, 0.3) is 0 Å². The van der Waals surface area contributed by atoms with E-state index in [9.17, 15) is 5.11 Å². The first-order valence-corrected chi connectivity index (χ1v) is 5.30. The molecule has 0 heterocycles. The number of hydrogen-bond acceptors (Lipinski definition) is 3. The van der Waals surface area contributed by atoms with E-state index >= 15 is 0 Å².